The van der Waals surface area contributed by atoms with E-state index in [2.05, 4.69) is 34.7 Å². The van der Waals surface area contributed by atoms with Crippen LogP contribution in [0.4, 0.5) is 0 Å². The first kappa shape index (κ1) is 14.5. The van der Waals surface area contributed by atoms with Crippen LogP contribution in [0, 0.1) is 0 Å². The number of thiophene rings is 1. The zero-order valence-corrected chi connectivity index (χ0v) is 13.9. The van der Waals surface area contributed by atoms with Gasteiger partial charge in [0.1, 0.15) is 4.21 Å². The van der Waals surface area contributed by atoms with Gasteiger partial charge in [0.25, 0.3) is 10.0 Å². The van der Waals surface area contributed by atoms with Gasteiger partial charge in [-0.15, -0.1) is 11.3 Å². The summed E-state index contributed by atoms with van der Waals surface area (Å²) in [5.41, 5.74) is -0.125. The van der Waals surface area contributed by atoms with Gasteiger partial charge >= 0.3 is 0 Å². The molecule has 1 fully saturated rings. The third-order valence-electron chi connectivity index (χ3n) is 3.42. The highest BCUT2D eigenvalue weighted by Gasteiger charge is 2.37. The van der Waals surface area contributed by atoms with Crippen LogP contribution in [-0.4, -0.2) is 49.8 Å². The molecule has 0 bridgehead atoms. The molecule has 0 atom stereocenters. The lowest BCUT2D eigenvalue weighted by molar-refractivity contribution is 0.0802. The maximum atomic E-state index is 12.5. The SMILES string of the molecule is CN1CCN(S(=O)(=O)c2ccc(Br)s2)CC1(C)C. The fourth-order valence-electron chi connectivity index (χ4n) is 1.96. The Morgan fingerprint density at radius 2 is 2.00 bits per heavy atom. The van der Waals surface area contributed by atoms with Crippen molar-refractivity contribution in [3.05, 3.63) is 15.9 Å². The van der Waals surface area contributed by atoms with Crippen molar-refractivity contribution in [3.63, 3.8) is 0 Å². The van der Waals surface area contributed by atoms with Gasteiger partial charge in [-0.25, -0.2) is 8.42 Å². The van der Waals surface area contributed by atoms with E-state index in [-0.39, 0.29) is 5.54 Å². The summed E-state index contributed by atoms with van der Waals surface area (Å²) in [4.78, 5) is 2.20. The van der Waals surface area contributed by atoms with E-state index in [0.717, 1.165) is 10.3 Å². The highest BCUT2D eigenvalue weighted by Crippen LogP contribution is 2.30. The molecule has 0 amide bonds. The number of sulfonamides is 1. The minimum atomic E-state index is -3.34. The number of rotatable bonds is 2. The number of likely N-dealkylation sites (N-methyl/N-ethyl adjacent to an activating group) is 1. The molecule has 1 saturated heterocycles. The summed E-state index contributed by atoms with van der Waals surface area (Å²) in [6.07, 6.45) is 0. The monoisotopic (exact) mass is 352 g/mol. The van der Waals surface area contributed by atoms with Crippen LogP contribution in [0.2, 0.25) is 0 Å². The molecule has 102 valence electrons. The molecule has 1 aliphatic heterocycles. The Labute approximate surface area is 121 Å². The lowest BCUT2D eigenvalue weighted by atomic mass is 10.0. The van der Waals surface area contributed by atoms with Crippen LogP contribution >= 0.6 is 27.3 Å². The molecule has 1 aromatic heterocycles. The molecule has 0 aliphatic carbocycles. The second-order valence-corrected chi connectivity index (χ2v) is 9.76. The van der Waals surface area contributed by atoms with Gasteiger partial charge in [0.05, 0.1) is 3.79 Å². The van der Waals surface area contributed by atoms with Crippen LogP contribution in [0.15, 0.2) is 20.1 Å². The van der Waals surface area contributed by atoms with E-state index in [0.29, 0.717) is 17.3 Å². The third-order valence-corrected chi connectivity index (χ3v) is 7.36. The van der Waals surface area contributed by atoms with Gasteiger partial charge in [0.2, 0.25) is 0 Å². The molecule has 0 radical (unpaired) electrons. The molecule has 4 nitrogen and oxygen atoms in total. The fraction of sp³-hybridized carbons (Fsp3) is 0.636. The second kappa shape index (κ2) is 4.86. The first-order chi connectivity index (χ1) is 8.23. The number of hydrogen-bond acceptors (Lipinski definition) is 4. The van der Waals surface area contributed by atoms with E-state index in [9.17, 15) is 8.42 Å². The summed E-state index contributed by atoms with van der Waals surface area (Å²) in [6.45, 7) is 5.98. The molecule has 0 unspecified atom stereocenters. The van der Waals surface area contributed by atoms with E-state index in [1.165, 1.54) is 11.3 Å². The molecule has 2 heterocycles. The van der Waals surface area contributed by atoms with Crippen molar-refractivity contribution in [3.8, 4) is 0 Å². The van der Waals surface area contributed by atoms with Crippen LogP contribution in [0.5, 0.6) is 0 Å². The second-order valence-electron chi connectivity index (χ2n) is 5.13. The molecule has 2 rings (SSSR count). The van der Waals surface area contributed by atoms with Gasteiger partial charge in [-0.05, 0) is 49.0 Å². The Morgan fingerprint density at radius 3 is 2.50 bits per heavy atom. The molecule has 1 aliphatic rings. The van der Waals surface area contributed by atoms with Gasteiger partial charge in [-0.1, -0.05) is 0 Å². The largest absolute Gasteiger partial charge is 0.299 e. The predicted octanol–water partition coefficient (Wildman–Crippen LogP) is 2.23. The minimum Gasteiger partial charge on any atom is -0.299 e. The number of halogens is 1. The maximum absolute atomic E-state index is 12.5. The summed E-state index contributed by atoms with van der Waals surface area (Å²) in [7, 11) is -1.31. The van der Waals surface area contributed by atoms with Gasteiger partial charge < -0.3 is 0 Å². The lowest BCUT2D eigenvalue weighted by Gasteiger charge is -2.44. The van der Waals surface area contributed by atoms with Crippen LogP contribution in [-0.2, 0) is 10.0 Å². The van der Waals surface area contributed by atoms with Crippen LogP contribution in [0.25, 0.3) is 0 Å². The normalized spacial score (nSPS) is 22.2. The average molecular weight is 353 g/mol. The van der Waals surface area contributed by atoms with Gasteiger partial charge in [-0.2, -0.15) is 4.31 Å². The Balaban J connectivity index is 2.27. The maximum Gasteiger partial charge on any atom is 0.252 e. The van der Waals surface area contributed by atoms with Crippen molar-refractivity contribution >= 4 is 37.3 Å². The Hall–Kier alpha value is 0.0500. The van der Waals surface area contributed by atoms with Crippen molar-refractivity contribution in [2.24, 2.45) is 0 Å². The zero-order chi connectivity index (χ0) is 13.6. The molecule has 0 saturated carbocycles. The Morgan fingerprint density at radius 1 is 1.33 bits per heavy atom. The molecule has 0 aromatic carbocycles. The van der Waals surface area contributed by atoms with Crippen molar-refractivity contribution in [2.75, 3.05) is 26.7 Å². The number of nitrogens with zero attached hydrogens (tertiary/aromatic N) is 2. The molecule has 1 aromatic rings. The molecular formula is C11H17BrN2O2S2. The zero-order valence-electron chi connectivity index (χ0n) is 10.7. The molecular weight excluding hydrogens is 336 g/mol. The van der Waals surface area contributed by atoms with E-state index in [1.54, 1.807) is 16.4 Å². The van der Waals surface area contributed by atoms with Crippen molar-refractivity contribution in [1.82, 2.24) is 9.21 Å². The third kappa shape index (κ3) is 2.65. The summed E-state index contributed by atoms with van der Waals surface area (Å²) in [5, 5.41) is 0. The Kier molecular flexibility index (Phi) is 3.91. The lowest BCUT2D eigenvalue weighted by Crippen LogP contribution is -2.58. The van der Waals surface area contributed by atoms with Crippen molar-refractivity contribution in [1.29, 1.82) is 0 Å². The van der Waals surface area contributed by atoms with E-state index >= 15 is 0 Å². The van der Waals surface area contributed by atoms with E-state index in [1.807, 2.05) is 7.05 Å². The summed E-state index contributed by atoms with van der Waals surface area (Å²) < 4.78 is 27.8. The van der Waals surface area contributed by atoms with Crippen LogP contribution in [0.3, 0.4) is 0 Å². The van der Waals surface area contributed by atoms with Crippen molar-refractivity contribution in [2.45, 2.75) is 23.6 Å². The van der Waals surface area contributed by atoms with Crippen molar-refractivity contribution < 1.29 is 8.42 Å². The van der Waals surface area contributed by atoms with Gasteiger partial charge in [0.15, 0.2) is 0 Å². The highest BCUT2D eigenvalue weighted by molar-refractivity contribution is 9.11. The fourth-order valence-corrected chi connectivity index (χ4v) is 5.71. The predicted molar refractivity (Wildman–Crippen MR) is 77.5 cm³/mol. The van der Waals surface area contributed by atoms with Crippen LogP contribution in [0.1, 0.15) is 13.8 Å². The van der Waals surface area contributed by atoms with E-state index < -0.39 is 10.0 Å². The number of piperazine rings is 1. The van der Waals surface area contributed by atoms with Gasteiger partial charge in [0, 0.05) is 25.2 Å². The smallest absolute Gasteiger partial charge is 0.252 e. The highest BCUT2D eigenvalue weighted by atomic mass is 79.9. The topological polar surface area (TPSA) is 40.6 Å². The summed E-state index contributed by atoms with van der Waals surface area (Å²) >= 11 is 4.57. The van der Waals surface area contributed by atoms with E-state index in [4.69, 9.17) is 0 Å². The first-order valence-electron chi connectivity index (χ1n) is 5.70. The quantitative estimate of drug-likeness (QED) is 0.819. The molecule has 7 heteroatoms. The Bertz CT molecular complexity index is 539. The first-order valence-corrected chi connectivity index (χ1v) is 8.75. The standard InChI is InChI=1S/C11H17BrN2O2S2/c1-11(2)8-14(7-6-13(11)3)18(15,16)10-5-4-9(12)17-10/h4-5H,6-8H2,1-3H3. The average Bonchev–Trinajstić information content (AvgIpc) is 2.69. The van der Waals surface area contributed by atoms with Gasteiger partial charge in [-0.3, -0.25) is 4.90 Å². The molecule has 0 spiro atoms. The number of hydrogen-bond donors (Lipinski definition) is 0. The molecule has 0 N–H and O–H groups in total. The summed E-state index contributed by atoms with van der Waals surface area (Å²) in [5.74, 6) is 0. The summed E-state index contributed by atoms with van der Waals surface area (Å²) in [6, 6.07) is 3.44. The molecule has 18 heavy (non-hydrogen) atoms. The minimum absolute atomic E-state index is 0.125. The van der Waals surface area contributed by atoms with Crippen LogP contribution < -0.4 is 0 Å².